The summed E-state index contributed by atoms with van der Waals surface area (Å²) in [4.78, 5) is 1.33. The van der Waals surface area contributed by atoms with Crippen LogP contribution in [-0.4, -0.2) is 39.1 Å². The van der Waals surface area contributed by atoms with Crippen molar-refractivity contribution in [1.29, 1.82) is 0 Å². The Balaban J connectivity index is 0. The lowest BCUT2D eigenvalue weighted by Crippen LogP contribution is -3.16. The van der Waals surface area contributed by atoms with Crippen LogP contribution in [0.25, 0.3) is 0 Å². The second-order valence-electron chi connectivity index (χ2n) is 13.7. The molecule has 0 aliphatic heterocycles. The molecule has 3 nitrogen and oxygen atoms in total. The average Bonchev–Trinajstić information content (AvgIpc) is 2.96. The smallest absolute Gasteiger partial charge is 0.224 e. The summed E-state index contributed by atoms with van der Waals surface area (Å²) in [6.45, 7) is 10.8. The van der Waals surface area contributed by atoms with E-state index in [4.69, 9.17) is 9.47 Å². The van der Waals surface area contributed by atoms with Gasteiger partial charge in [-0.25, -0.2) is 0 Å². The van der Waals surface area contributed by atoms with E-state index in [2.05, 4.69) is 41.8 Å². The molecule has 0 fully saturated rings. The van der Waals surface area contributed by atoms with E-state index in [9.17, 15) is 0 Å². The summed E-state index contributed by atoms with van der Waals surface area (Å²) >= 11 is 0. The molecule has 2 unspecified atom stereocenters. The van der Waals surface area contributed by atoms with Crippen molar-refractivity contribution in [2.24, 2.45) is 0 Å². The third-order valence-corrected chi connectivity index (χ3v) is 9.53. The number of hydrogen-bond donors (Lipinski definition) is 1. The zero-order valence-corrected chi connectivity index (χ0v) is 32.1. The Hall–Kier alpha value is 0.610. The van der Waals surface area contributed by atoms with Gasteiger partial charge in [0.1, 0.15) is 6.10 Å². The van der Waals surface area contributed by atoms with Crippen LogP contribution in [-0.2, 0) is 9.47 Å². The van der Waals surface area contributed by atoms with E-state index >= 15 is 0 Å². The molecule has 42 heavy (non-hydrogen) atoms. The summed E-state index contributed by atoms with van der Waals surface area (Å²) in [6, 6.07) is 0. The summed E-state index contributed by atoms with van der Waals surface area (Å²) in [5.74, 6) is 0. The van der Waals surface area contributed by atoms with Crippen LogP contribution < -0.4 is 28.9 Å². The molecular weight excluding hydrogens is 629 g/mol. The largest absolute Gasteiger partial charge is 1.00 e. The molecule has 0 bridgehead atoms. The molecule has 0 saturated carbocycles. The Morgan fingerprint density at radius 1 is 0.452 bits per heavy atom. The van der Waals surface area contributed by atoms with Gasteiger partial charge in [-0.3, -0.25) is 0 Å². The van der Waals surface area contributed by atoms with E-state index < -0.39 is 0 Å². The lowest BCUT2D eigenvalue weighted by Gasteiger charge is -2.37. The first kappa shape index (κ1) is 44.7. The van der Waals surface area contributed by atoms with Gasteiger partial charge in [0.05, 0.1) is 20.7 Å². The number of likely N-dealkylation sites (N-methyl/N-ethyl adjacent to an activating group) is 1. The third-order valence-electron chi connectivity index (χ3n) is 9.53. The maximum Gasteiger partial charge on any atom is 0.224 e. The van der Waals surface area contributed by atoms with Crippen LogP contribution in [0.2, 0.25) is 0 Å². The van der Waals surface area contributed by atoms with Gasteiger partial charge < -0.3 is 38.4 Å². The standard InChI is InChI=1S/C38H79NO2.HI/c1-7-9-11-13-15-17-19-21-23-25-27-29-31-33-35-40-37(3)38(4,39(5)6)41-36-34-32-30-28-26-24-22-20-18-16-14-12-10-8-2;/h37H,7-36H2,1-6H3;1H. The SMILES string of the molecule is CCCCCCCCCCCCCCCCOC(C)C(C)(OCCCCCCCCCCCCCCCC)[NH+](C)C.[I-]. The fourth-order valence-corrected chi connectivity index (χ4v) is 5.96. The molecule has 0 radical (unpaired) electrons. The van der Waals surface area contributed by atoms with Gasteiger partial charge in [-0.15, -0.1) is 0 Å². The van der Waals surface area contributed by atoms with Gasteiger partial charge in [-0.05, 0) is 19.8 Å². The number of halogens is 1. The molecule has 0 heterocycles. The zero-order chi connectivity index (χ0) is 30.3. The Bertz CT molecular complexity index is 503. The van der Waals surface area contributed by atoms with Crippen molar-refractivity contribution < 1.29 is 38.4 Å². The Morgan fingerprint density at radius 3 is 1.00 bits per heavy atom. The van der Waals surface area contributed by atoms with Crippen LogP contribution in [0.5, 0.6) is 0 Å². The minimum absolute atomic E-state index is 0. The second kappa shape index (κ2) is 34.5. The summed E-state index contributed by atoms with van der Waals surface area (Å²) in [6.07, 6.45) is 39.2. The van der Waals surface area contributed by atoms with Gasteiger partial charge in [0.2, 0.25) is 5.72 Å². The van der Waals surface area contributed by atoms with Crippen LogP contribution >= 0.6 is 0 Å². The number of hydrogen-bond acceptors (Lipinski definition) is 2. The van der Waals surface area contributed by atoms with Crippen molar-refractivity contribution in [1.82, 2.24) is 0 Å². The molecule has 0 aromatic heterocycles. The summed E-state index contributed by atoms with van der Waals surface area (Å²) in [5.41, 5.74) is -0.271. The van der Waals surface area contributed by atoms with Gasteiger partial charge in [0.15, 0.2) is 0 Å². The number of quaternary nitrogens is 1. The fraction of sp³-hybridized carbons (Fsp3) is 1.00. The van der Waals surface area contributed by atoms with Crippen molar-refractivity contribution in [2.75, 3.05) is 27.3 Å². The first-order valence-electron chi connectivity index (χ1n) is 19.0. The second-order valence-corrected chi connectivity index (χ2v) is 13.7. The van der Waals surface area contributed by atoms with Gasteiger partial charge >= 0.3 is 0 Å². The van der Waals surface area contributed by atoms with Crippen LogP contribution in [0.4, 0.5) is 0 Å². The highest BCUT2D eigenvalue weighted by molar-refractivity contribution is 4.70. The number of unbranched alkanes of at least 4 members (excludes halogenated alkanes) is 26. The highest BCUT2D eigenvalue weighted by Crippen LogP contribution is 2.17. The van der Waals surface area contributed by atoms with Crippen LogP contribution in [0.1, 0.15) is 207 Å². The quantitative estimate of drug-likeness (QED) is 0.0414. The van der Waals surface area contributed by atoms with Crippen molar-refractivity contribution in [3.8, 4) is 0 Å². The Labute approximate surface area is 283 Å². The van der Waals surface area contributed by atoms with Gasteiger partial charge in [-0.1, -0.05) is 181 Å². The summed E-state index contributed by atoms with van der Waals surface area (Å²) in [7, 11) is 4.41. The predicted octanol–water partition coefficient (Wildman–Crippen LogP) is 8.24. The average molecular weight is 710 g/mol. The fourth-order valence-electron chi connectivity index (χ4n) is 5.96. The van der Waals surface area contributed by atoms with Gasteiger partial charge in [-0.2, -0.15) is 0 Å². The molecule has 0 spiro atoms. The van der Waals surface area contributed by atoms with Crippen LogP contribution in [0.3, 0.4) is 0 Å². The third kappa shape index (κ3) is 28.1. The van der Waals surface area contributed by atoms with E-state index in [-0.39, 0.29) is 35.8 Å². The van der Waals surface area contributed by atoms with Crippen molar-refractivity contribution in [3.63, 3.8) is 0 Å². The minimum Gasteiger partial charge on any atom is -1.00 e. The molecule has 2 atom stereocenters. The summed E-state index contributed by atoms with van der Waals surface area (Å²) in [5, 5.41) is 0. The van der Waals surface area contributed by atoms with E-state index in [0.29, 0.717) is 0 Å². The molecule has 0 saturated heterocycles. The molecule has 4 heteroatoms. The Morgan fingerprint density at radius 2 is 0.714 bits per heavy atom. The highest BCUT2D eigenvalue weighted by atomic mass is 127. The van der Waals surface area contributed by atoms with E-state index in [1.165, 1.54) is 185 Å². The molecule has 0 amide bonds. The molecular formula is C38H80INO2. The van der Waals surface area contributed by atoms with E-state index in [1.54, 1.807) is 0 Å². The van der Waals surface area contributed by atoms with Gasteiger partial charge in [0.25, 0.3) is 0 Å². The lowest BCUT2D eigenvalue weighted by molar-refractivity contribution is -0.947. The van der Waals surface area contributed by atoms with Crippen molar-refractivity contribution in [2.45, 2.75) is 219 Å². The predicted molar refractivity (Wildman–Crippen MR) is 183 cm³/mol. The zero-order valence-electron chi connectivity index (χ0n) is 30.0. The molecule has 256 valence electrons. The number of nitrogens with one attached hydrogen (secondary N) is 1. The van der Waals surface area contributed by atoms with E-state index in [1.807, 2.05) is 0 Å². The molecule has 0 aromatic carbocycles. The van der Waals surface area contributed by atoms with E-state index in [0.717, 1.165) is 13.2 Å². The van der Waals surface area contributed by atoms with Crippen molar-refractivity contribution >= 4 is 0 Å². The summed E-state index contributed by atoms with van der Waals surface area (Å²) < 4.78 is 12.8. The van der Waals surface area contributed by atoms with Crippen molar-refractivity contribution in [3.05, 3.63) is 0 Å². The van der Waals surface area contributed by atoms with Gasteiger partial charge in [0, 0.05) is 13.5 Å². The molecule has 0 aromatic rings. The normalized spacial score (nSPS) is 13.8. The first-order valence-corrected chi connectivity index (χ1v) is 19.0. The molecule has 0 aliphatic carbocycles. The minimum atomic E-state index is -0.271. The van der Waals surface area contributed by atoms with Crippen LogP contribution in [0, 0.1) is 0 Å². The maximum absolute atomic E-state index is 6.47. The lowest BCUT2D eigenvalue weighted by atomic mass is 10.0. The molecule has 0 aliphatic rings. The maximum atomic E-state index is 6.47. The molecule has 1 N–H and O–H groups in total. The molecule has 0 rings (SSSR count). The number of rotatable bonds is 34. The monoisotopic (exact) mass is 710 g/mol. The Kier molecular flexibility index (Phi) is 36.7. The van der Waals surface area contributed by atoms with Crippen LogP contribution in [0.15, 0.2) is 0 Å². The highest BCUT2D eigenvalue weighted by Gasteiger charge is 2.39. The topological polar surface area (TPSA) is 22.9 Å². The first-order chi connectivity index (χ1) is 20.0. The number of ether oxygens (including phenoxy) is 2.